The van der Waals surface area contributed by atoms with Gasteiger partial charge >= 0.3 is 0 Å². The lowest BCUT2D eigenvalue weighted by Gasteiger charge is -2.19. The van der Waals surface area contributed by atoms with Crippen molar-refractivity contribution >= 4 is 0 Å². The van der Waals surface area contributed by atoms with E-state index < -0.39 is 0 Å². The van der Waals surface area contributed by atoms with Gasteiger partial charge in [0.05, 0.1) is 0 Å². The Kier molecular flexibility index (Phi) is 31.2. The van der Waals surface area contributed by atoms with Gasteiger partial charge in [0.2, 0.25) is 0 Å². The van der Waals surface area contributed by atoms with Crippen LogP contribution in [0.1, 0.15) is 142 Å². The molecule has 0 saturated heterocycles. The summed E-state index contributed by atoms with van der Waals surface area (Å²) in [6, 6.07) is 0.708. The Morgan fingerprint density at radius 1 is 0.514 bits per heavy atom. The van der Waals surface area contributed by atoms with Crippen LogP contribution in [0.25, 0.3) is 0 Å². The Balaban J connectivity index is 3.86. The van der Waals surface area contributed by atoms with Crippen molar-refractivity contribution in [3.05, 3.63) is 12.2 Å². The smallest absolute Gasteiger partial charge is 0.00671 e. The maximum atomic E-state index is 5.52. The molecule has 4 nitrogen and oxygen atoms in total. The number of nitrogens with one attached hydrogen (secondary N) is 3. The Hall–Kier alpha value is -0.420. The second kappa shape index (κ2) is 31.6. The number of hydrogen-bond acceptors (Lipinski definition) is 4. The lowest BCUT2D eigenvalue weighted by Crippen LogP contribution is -2.32. The second-order valence-electron chi connectivity index (χ2n) is 10.5. The highest BCUT2D eigenvalue weighted by atomic mass is 14.9. The van der Waals surface area contributed by atoms with Crippen molar-refractivity contribution in [2.75, 3.05) is 39.3 Å². The first-order valence-corrected chi connectivity index (χ1v) is 15.8. The maximum Gasteiger partial charge on any atom is 0.00671 e. The maximum absolute atomic E-state index is 5.52. The first kappa shape index (κ1) is 34.6. The first-order chi connectivity index (χ1) is 17.3. The van der Waals surface area contributed by atoms with Gasteiger partial charge in [0.25, 0.3) is 0 Å². The molecule has 210 valence electrons. The monoisotopic (exact) mass is 495 g/mol. The summed E-state index contributed by atoms with van der Waals surface area (Å²) >= 11 is 0. The van der Waals surface area contributed by atoms with Crippen molar-refractivity contribution in [2.45, 2.75) is 148 Å². The molecule has 0 aromatic rings. The molecule has 4 heteroatoms. The number of hydrogen-bond donors (Lipinski definition) is 4. The summed E-state index contributed by atoms with van der Waals surface area (Å²) in [6.45, 7) is 10.9. The fourth-order valence-corrected chi connectivity index (χ4v) is 4.61. The van der Waals surface area contributed by atoms with E-state index >= 15 is 0 Å². The largest absolute Gasteiger partial charge is 0.330 e. The van der Waals surface area contributed by atoms with Gasteiger partial charge < -0.3 is 21.7 Å². The molecule has 0 aromatic carbocycles. The van der Waals surface area contributed by atoms with Gasteiger partial charge in [-0.25, -0.2) is 0 Å². The molecule has 0 aliphatic carbocycles. The summed E-state index contributed by atoms with van der Waals surface area (Å²) in [5, 5.41) is 10.9. The van der Waals surface area contributed by atoms with Gasteiger partial charge in [0.1, 0.15) is 0 Å². The van der Waals surface area contributed by atoms with Crippen LogP contribution in [0.5, 0.6) is 0 Å². The molecule has 0 spiro atoms. The van der Waals surface area contributed by atoms with Gasteiger partial charge in [-0.15, -0.1) is 0 Å². The van der Waals surface area contributed by atoms with E-state index in [-0.39, 0.29) is 0 Å². The average Bonchev–Trinajstić information content (AvgIpc) is 2.87. The van der Waals surface area contributed by atoms with Gasteiger partial charge in [-0.05, 0) is 97.1 Å². The molecule has 0 heterocycles. The Morgan fingerprint density at radius 2 is 1.00 bits per heavy atom. The van der Waals surface area contributed by atoms with Crippen molar-refractivity contribution in [3.63, 3.8) is 0 Å². The molecule has 1 atom stereocenters. The lowest BCUT2D eigenvalue weighted by molar-refractivity contribution is 0.416. The number of unbranched alkanes of at least 4 members (excludes halogenated alkanes) is 12. The van der Waals surface area contributed by atoms with Crippen molar-refractivity contribution < 1.29 is 0 Å². The van der Waals surface area contributed by atoms with Crippen molar-refractivity contribution in [2.24, 2.45) is 5.73 Å². The quantitative estimate of drug-likeness (QED) is 0.0617. The number of rotatable bonds is 30. The summed E-state index contributed by atoms with van der Waals surface area (Å²) in [4.78, 5) is 0. The van der Waals surface area contributed by atoms with E-state index in [1.165, 1.54) is 122 Å². The molecule has 0 aromatic heterocycles. The van der Waals surface area contributed by atoms with Crippen LogP contribution in [-0.2, 0) is 0 Å². The Bertz CT molecular complexity index is 399. The van der Waals surface area contributed by atoms with Crippen LogP contribution >= 0.6 is 0 Å². The fourth-order valence-electron chi connectivity index (χ4n) is 4.61. The minimum Gasteiger partial charge on any atom is -0.330 e. The van der Waals surface area contributed by atoms with Gasteiger partial charge in [0, 0.05) is 6.04 Å². The Labute approximate surface area is 221 Å². The van der Waals surface area contributed by atoms with Crippen LogP contribution in [-0.4, -0.2) is 45.3 Å². The third-order valence-corrected chi connectivity index (χ3v) is 6.95. The highest BCUT2D eigenvalue weighted by Gasteiger charge is 2.07. The zero-order chi connectivity index (χ0) is 25.5. The predicted octanol–water partition coefficient (Wildman–Crippen LogP) is 7.48. The average molecular weight is 495 g/mol. The molecule has 0 radical (unpaired) electrons. The van der Waals surface area contributed by atoms with E-state index in [0.717, 1.165) is 45.7 Å². The standard InChI is InChI=1S/C31H66N4/c1-3-5-7-9-11-12-13-14-15-17-19-24-31(23-18-16-10-8-6-4-2)35-30-22-29-34-28-21-27-33-26-20-25-32/h14-15,31,33-35H,3-13,16-30,32H2,1-2H3/b15-14-. The van der Waals surface area contributed by atoms with E-state index in [2.05, 4.69) is 41.9 Å². The van der Waals surface area contributed by atoms with Gasteiger partial charge in [-0.3, -0.25) is 0 Å². The van der Waals surface area contributed by atoms with E-state index in [1.54, 1.807) is 0 Å². The predicted molar refractivity (Wildman–Crippen MR) is 159 cm³/mol. The molecule has 5 N–H and O–H groups in total. The van der Waals surface area contributed by atoms with E-state index in [9.17, 15) is 0 Å². The first-order valence-electron chi connectivity index (χ1n) is 15.8. The van der Waals surface area contributed by atoms with Crippen LogP contribution in [0.3, 0.4) is 0 Å². The molecule has 1 unspecified atom stereocenters. The van der Waals surface area contributed by atoms with Crippen LogP contribution in [0.2, 0.25) is 0 Å². The van der Waals surface area contributed by atoms with Crippen LogP contribution in [0.15, 0.2) is 12.2 Å². The van der Waals surface area contributed by atoms with E-state index in [1.807, 2.05) is 0 Å². The van der Waals surface area contributed by atoms with Crippen molar-refractivity contribution in [3.8, 4) is 0 Å². The summed E-state index contributed by atoms with van der Waals surface area (Å²) in [7, 11) is 0. The number of allylic oxidation sites excluding steroid dienone is 2. The molecule has 0 fully saturated rings. The van der Waals surface area contributed by atoms with Crippen molar-refractivity contribution in [1.29, 1.82) is 0 Å². The highest BCUT2D eigenvalue weighted by Crippen LogP contribution is 2.13. The molecular formula is C31H66N4. The lowest BCUT2D eigenvalue weighted by atomic mass is 10.0. The molecule has 0 amide bonds. The summed E-state index contributed by atoms with van der Waals surface area (Å²) in [5.74, 6) is 0. The van der Waals surface area contributed by atoms with Gasteiger partial charge in [0.15, 0.2) is 0 Å². The minimum absolute atomic E-state index is 0.708. The molecule has 0 bridgehead atoms. The van der Waals surface area contributed by atoms with E-state index in [4.69, 9.17) is 5.73 Å². The summed E-state index contributed by atoms with van der Waals surface area (Å²) in [6.07, 6.45) is 31.7. The van der Waals surface area contributed by atoms with Crippen LogP contribution < -0.4 is 21.7 Å². The normalized spacial score (nSPS) is 12.7. The van der Waals surface area contributed by atoms with E-state index in [0.29, 0.717) is 6.04 Å². The molecular weight excluding hydrogens is 428 g/mol. The fraction of sp³-hybridized carbons (Fsp3) is 0.935. The van der Waals surface area contributed by atoms with Crippen LogP contribution in [0, 0.1) is 0 Å². The number of nitrogens with two attached hydrogens (primary N) is 1. The summed E-state index contributed by atoms with van der Waals surface area (Å²) in [5.41, 5.74) is 5.52. The molecule has 0 rings (SSSR count). The Morgan fingerprint density at radius 3 is 1.63 bits per heavy atom. The topological polar surface area (TPSA) is 62.1 Å². The van der Waals surface area contributed by atoms with Gasteiger partial charge in [-0.2, -0.15) is 0 Å². The molecule has 35 heavy (non-hydrogen) atoms. The molecule has 0 aliphatic rings. The third kappa shape index (κ3) is 29.7. The zero-order valence-electron chi connectivity index (χ0n) is 24.2. The summed E-state index contributed by atoms with van der Waals surface area (Å²) < 4.78 is 0. The molecule has 0 saturated carbocycles. The highest BCUT2D eigenvalue weighted by molar-refractivity contribution is 4.82. The second-order valence-corrected chi connectivity index (χ2v) is 10.5. The zero-order valence-corrected chi connectivity index (χ0v) is 24.2. The van der Waals surface area contributed by atoms with Gasteiger partial charge in [-0.1, -0.05) is 96.6 Å². The molecule has 0 aliphatic heterocycles. The minimum atomic E-state index is 0.708. The van der Waals surface area contributed by atoms with Crippen LogP contribution in [0.4, 0.5) is 0 Å². The van der Waals surface area contributed by atoms with Crippen molar-refractivity contribution in [1.82, 2.24) is 16.0 Å². The third-order valence-electron chi connectivity index (χ3n) is 6.95. The SMILES string of the molecule is CCCCCCCC/C=C\CCCC(CCCCCCCC)NCCCNCCCNCCCN.